The first kappa shape index (κ1) is 13.4. The van der Waals surface area contributed by atoms with E-state index in [9.17, 15) is 8.78 Å². The van der Waals surface area contributed by atoms with E-state index in [-0.39, 0.29) is 0 Å². The molecule has 0 saturated carbocycles. The van der Waals surface area contributed by atoms with Gasteiger partial charge in [-0.25, -0.2) is 13.8 Å². The van der Waals surface area contributed by atoms with Crippen molar-refractivity contribution in [1.82, 2.24) is 20.4 Å². The average molecular weight is 288 g/mol. The molecule has 2 heterocycles. The van der Waals surface area contributed by atoms with Crippen molar-refractivity contribution in [2.24, 2.45) is 0 Å². The second kappa shape index (κ2) is 5.05. The van der Waals surface area contributed by atoms with Gasteiger partial charge in [0.05, 0.1) is 16.7 Å². The number of allylic oxidation sites excluding steroid dienone is 3. The van der Waals surface area contributed by atoms with E-state index in [4.69, 9.17) is 0 Å². The van der Waals surface area contributed by atoms with Crippen LogP contribution in [-0.4, -0.2) is 9.55 Å². The summed E-state index contributed by atoms with van der Waals surface area (Å²) in [4.78, 5) is 4.42. The first-order valence-corrected chi connectivity index (χ1v) is 6.55. The van der Waals surface area contributed by atoms with Crippen LogP contribution in [0.15, 0.2) is 42.8 Å². The third-order valence-corrected chi connectivity index (χ3v) is 3.34. The topological polar surface area (TPSA) is 41.9 Å². The highest BCUT2D eigenvalue weighted by atomic mass is 19.2. The fraction of sp³-hybridized carbons (Fsp3) is 0.133. The van der Waals surface area contributed by atoms with Gasteiger partial charge in [-0.05, 0) is 19.1 Å². The molecule has 21 heavy (non-hydrogen) atoms. The van der Waals surface area contributed by atoms with Gasteiger partial charge in [0.15, 0.2) is 11.6 Å². The molecular weight excluding hydrogens is 274 g/mol. The molecule has 0 atom stereocenters. The fourth-order valence-electron chi connectivity index (χ4n) is 2.34. The highest BCUT2D eigenvalue weighted by molar-refractivity contribution is 5.82. The number of rotatable bonds is 3. The Bertz CT molecular complexity index is 787. The highest BCUT2D eigenvalue weighted by Crippen LogP contribution is 2.25. The van der Waals surface area contributed by atoms with Crippen LogP contribution in [0.25, 0.3) is 16.6 Å². The SMILES string of the molecule is C=CC1=CC(c2nc3cc(F)c(F)cc3n2CC)=CNN1. The Balaban J connectivity index is 2.21. The van der Waals surface area contributed by atoms with Crippen molar-refractivity contribution < 1.29 is 8.78 Å². The highest BCUT2D eigenvalue weighted by Gasteiger charge is 2.16. The monoisotopic (exact) mass is 288 g/mol. The smallest absolute Gasteiger partial charge is 0.161 e. The van der Waals surface area contributed by atoms with E-state index in [0.29, 0.717) is 23.4 Å². The minimum Gasteiger partial charge on any atom is -0.324 e. The number of hydrogen-bond acceptors (Lipinski definition) is 3. The van der Waals surface area contributed by atoms with E-state index < -0.39 is 11.6 Å². The summed E-state index contributed by atoms with van der Waals surface area (Å²) in [5, 5.41) is 0. The first-order valence-electron chi connectivity index (χ1n) is 6.55. The van der Waals surface area contributed by atoms with Crippen molar-refractivity contribution >= 4 is 16.6 Å². The molecule has 0 saturated heterocycles. The van der Waals surface area contributed by atoms with E-state index in [1.165, 1.54) is 6.07 Å². The molecule has 0 unspecified atom stereocenters. The summed E-state index contributed by atoms with van der Waals surface area (Å²) in [6.45, 7) is 6.22. The average Bonchev–Trinajstić information content (AvgIpc) is 2.85. The van der Waals surface area contributed by atoms with Gasteiger partial charge < -0.3 is 15.4 Å². The summed E-state index contributed by atoms with van der Waals surface area (Å²) in [6, 6.07) is 2.30. The number of imidazole rings is 1. The van der Waals surface area contributed by atoms with Crippen molar-refractivity contribution in [2.75, 3.05) is 0 Å². The summed E-state index contributed by atoms with van der Waals surface area (Å²) in [5.41, 5.74) is 8.41. The number of fused-ring (bicyclic) bond motifs is 1. The Morgan fingerprint density at radius 3 is 2.81 bits per heavy atom. The standard InChI is InChI=1S/C15H14F2N4/c1-3-10-5-9(8-18-20-10)15-19-13-6-11(16)12(17)7-14(13)21(15)4-2/h3,5-8,18,20H,1,4H2,2H3. The Morgan fingerprint density at radius 2 is 2.10 bits per heavy atom. The predicted molar refractivity (Wildman–Crippen MR) is 77.9 cm³/mol. The van der Waals surface area contributed by atoms with Gasteiger partial charge in [0, 0.05) is 30.5 Å². The van der Waals surface area contributed by atoms with E-state index in [2.05, 4.69) is 22.4 Å². The van der Waals surface area contributed by atoms with Gasteiger partial charge >= 0.3 is 0 Å². The van der Waals surface area contributed by atoms with E-state index >= 15 is 0 Å². The zero-order valence-electron chi connectivity index (χ0n) is 11.5. The van der Waals surface area contributed by atoms with Crippen molar-refractivity contribution in [3.63, 3.8) is 0 Å². The van der Waals surface area contributed by atoms with Crippen LogP contribution in [0.2, 0.25) is 0 Å². The summed E-state index contributed by atoms with van der Waals surface area (Å²) < 4.78 is 28.7. The van der Waals surface area contributed by atoms with E-state index in [0.717, 1.165) is 17.3 Å². The summed E-state index contributed by atoms with van der Waals surface area (Å²) in [5.74, 6) is -1.12. The van der Waals surface area contributed by atoms with Crippen molar-refractivity contribution in [3.8, 4) is 0 Å². The largest absolute Gasteiger partial charge is 0.324 e. The molecule has 0 aliphatic carbocycles. The molecule has 1 aromatic carbocycles. The second-order valence-corrected chi connectivity index (χ2v) is 4.61. The number of benzene rings is 1. The van der Waals surface area contributed by atoms with Gasteiger partial charge in [-0.1, -0.05) is 6.58 Å². The molecule has 2 N–H and O–H groups in total. The molecule has 2 aromatic rings. The zero-order chi connectivity index (χ0) is 15.0. The van der Waals surface area contributed by atoms with Crippen LogP contribution in [-0.2, 0) is 6.54 Å². The summed E-state index contributed by atoms with van der Waals surface area (Å²) in [6.07, 6.45) is 5.27. The molecular formula is C15H14F2N4. The summed E-state index contributed by atoms with van der Waals surface area (Å²) >= 11 is 0. The van der Waals surface area contributed by atoms with Gasteiger partial charge in [0.2, 0.25) is 0 Å². The Labute approximate surface area is 120 Å². The van der Waals surface area contributed by atoms with Crippen LogP contribution in [0.4, 0.5) is 8.78 Å². The minimum atomic E-state index is -0.894. The lowest BCUT2D eigenvalue weighted by Crippen LogP contribution is -2.28. The molecule has 0 radical (unpaired) electrons. The van der Waals surface area contributed by atoms with Crippen LogP contribution in [0.3, 0.4) is 0 Å². The van der Waals surface area contributed by atoms with Gasteiger partial charge in [0.25, 0.3) is 0 Å². The lowest BCUT2D eigenvalue weighted by Gasteiger charge is -2.15. The molecule has 0 bridgehead atoms. The number of halogens is 2. The minimum absolute atomic E-state index is 0.429. The molecule has 108 valence electrons. The number of hydrogen-bond donors (Lipinski definition) is 2. The third kappa shape index (κ3) is 2.18. The Hall–Kier alpha value is -2.63. The Kier molecular flexibility index (Phi) is 3.21. The molecule has 4 nitrogen and oxygen atoms in total. The van der Waals surface area contributed by atoms with E-state index in [1.54, 1.807) is 12.3 Å². The van der Waals surface area contributed by atoms with Gasteiger partial charge in [0.1, 0.15) is 5.82 Å². The van der Waals surface area contributed by atoms with Crippen molar-refractivity contribution in [3.05, 3.63) is 60.2 Å². The maximum absolute atomic E-state index is 13.5. The van der Waals surface area contributed by atoms with E-state index in [1.807, 2.05) is 17.6 Å². The molecule has 1 aliphatic rings. The van der Waals surface area contributed by atoms with Gasteiger partial charge in [-0.2, -0.15) is 0 Å². The second-order valence-electron chi connectivity index (χ2n) is 4.61. The molecule has 1 aliphatic heterocycles. The molecule has 3 rings (SSSR count). The lowest BCUT2D eigenvalue weighted by atomic mass is 10.2. The first-order chi connectivity index (χ1) is 10.1. The maximum atomic E-state index is 13.5. The van der Waals surface area contributed by atoms with Gasteiger partial charge in [-0.3, -0.25) is 0 Å². The van der Waals surface area contributed by atoms with Crippen LogP contribution < -0.4 is 10.9 Å². The third-order valence-electron chi connectivity index (χ3n) is 3.34. The van der Waals surface area contributed by atoms with Crippen LogP contribution in [0.1, 0.15) is 12.7 Å². The number of nitrogens with zero attached hydrogens (tertiary/aromatic N) is 2. The van der Waals surface area contributed by atoms with Crippen LogP contribution in [0.5, 0.6) is 0 Å². The van der Waals surface area contributed by atoms with Gasteiger partial charge in [-0.15, -0.1) is 0 Å². The maximum Gasteiger partial charge on any atom is 0.161 e. The number of aromatic nitrogens is 2. The number of aryl methyl sites for hydroxylation is 1. The number of hydrazine groups is 1. The fourth-order valence-corrected chi connectivity index (χ4v) is 2.34. The lowest BCUT2D eigenvalue weighted by molar-refractivity contribution is 0.510. The molecule has 0 spiro atoms. The molecule has 6 heteroatoms. The van der Waals surface area contributed by atoms with Crippen LogP contribution >= 0.6 is 0 Å². The summed E-state index contributed by atoms with van der Waals surface area (Å²) in [7, 11) is 0. The predicted octanol–water partition coefficient (Wildman–Crippen LogP) is 2.85. The molecule has 0 amide bonds. The normalized spacial score (nSPS) is 14.2. The Morgan fingerprint density at radius 1 is 1.33 bits per heavy atom. The van der Waals surface area contributed by atoms with Crippen LogP contribution in [0, 0.1) is 11.6 Å². The zero-order valence-corrected chi connectivity index (χ0v) is 11.5. The van der Waals surface area contributed by atoms with Crippen molar-refractivity contribution in [2.45, 2.75) is 13.5 Å². The van der Waals surface area contributed by atoms with Crippen molar-refractivity contribution in [1.29, 1.82) is 0 Å². The number of nitrogens with one attached hydrogen (secondary N) is 2. The quantitative estimate of drug-likeness (QED) is 0.912. The molecule has 0 fully saturated rings. The molecule has 1 aromatic heterocycles.